The predicted molar refractivity (Wildman–Crippen MR) is 196 cm³/mol. The van der Waals surface area contributed by atoms with Gasteiger partial charge in [0.1, 0.15) is 12.2 Å². The molecule has 0 fully saturated rings. The number of carbonyl (C=O) groups excluding carboxylic acids is 2. The van der Waals surface area contributed by atoms with Crippen LogP contribution in [0.1, 0.15) is 168 Å². The summed E-state index contributed by atoms with van der Waals surface area (Å²) < 4.78 is 32.4. The second-order valence-corrected chi connectivity index (χ2v) is 14.4. The molecule has 0 aromatic carbocycles. The molecule has 3 unspecified atom stereocenters. The van der Waals surface area contributed by atoms with Gasteiger partial charge in [-0.1, -0.05) is 134 Å². The molecular weight excluding hydrogens is 647 g/mol. The fourth-order valence-corrected chi connectivity index (χ4v) is 5.93. The van der Waals surface area contributed by atoms with E-state index < -0.39 is 58.4 Å². The minimum Gasteiger partial charge on any atom is -0.457 e. The fourth-order valence-electron chi connectivity index (χ4n) is 5.14. The molecule has 0 aromatic rings. The number of aliphatic hydroxyl groups is 2. The Morgan fingerprint density at radius 3 is 1.31 bits per heavy atom. The van der Waals surface area contributed by atoms with Gasteiger partial charge in [0.15, 0.2) is 0 Å². The average Bonchev–Trinajstić information content (AvgIpc) is 3.09. The lowest BCUT2D eigenvalue weighted by molar-refractivity contribution is -0.153. The molecule has 0 saturated carbocycles. The zero-order valence-electron chi connectivity index (χ0n) is 30.9. The van der Waals surface area contributed by atoms with Crippen molar-refractivity contribution < 1.29 is 47.8 Å². The number of hydrogen-bond acceptors (Lipinski definition) is 9. The van der Waals surface area contributed by atoms with Gasteiger partial charge in [0.05, 0.1) is 26.4 Å². The highest BCUT2D eigenvalue weighted by molar-refractivity contribution is 7.47. The summed E-state index contributed by atoms with van der Waals surface area (Å²) in [6.45, 7) is 2.14. The molecule has 10 nitrogen and oxygen atoms in total. The zero-order chi connectivity index (χ0) is 36.3. The quantitative estimate of drug-likeness (QED) is 0.0248. The van der Waals surface area contributed by atoms with Crippen molar-refractivity contribution in [3.63, 3.8) is 0 Å². The number of hydrogen-bond donors (Lipinski definition) is 3. The Balaban J connectivity index is 4.00. The van der Waals surface area contributed by atoms with Crippen LogP contribution in [0.15, 0.2) is 24.3 Å². The summed E-state index contributed by atoms with van der Waals surface area (Å²) >= 11 is 0. The van der Waals surface area contributed by atoms with E-state index in [2.05, 4.69) is 38.2 Å². The standard InChI is InChI=1S/C38H71O10P/c1-3-5-7-9-11-13-15-16-17-18-20-22-24-26-28-30-38(42)48-36(32-40)34-46-49(43,44)45-33-35(31-39)47-37(41)29-27-25-23-21-19-14-12-10-8-6-4-2/h11,13,16-17,35-36,39-40H,3-10,12,14-15,18-34H2,1-2H3,(H,43,44)/b13-11-,17-16-. The van der Waals surface area contributed by atoms with E-state index in [1.54, 1.807) is 0 Å². The van der Waals surface area contributed by atoms with Crippen LogP contribution in [0.25, 0.3) is 0 Å². The van der Waals surface area contributed by atoms with Crippen molar-refractivity contribution in [2.45, 2.75) is 180 Å². The molecule has 0 aliphatic heterocycles. The van der Waals surface area contributed by atoms with Gasteiger partial charge in [-0.3, -0.25) is 18.6 Å². The number of phosphoric acid groups is 1. The Hall–Kier alpha value is -1.55. The van der Waals surface area contributed by atoms with E-state index in [0.717, 1.165) is 64.2 Å². The molecule has 0 heterocycles. The summed E-state index contributed by atoms with van der Waals surface area (Å²) in [4.78, 5) is 34.3. The first-order valence-electron chi connectivity index (χ1n) is 19.3. The molecule has 0 amide bonds. The Labute approximate surface area is 298 Å². The Morgan fingerprint density at radius 1 is 0.551 bits per heavy atom. The van der Waals surface area contributed by atoms with Gasteiger partial charge in [0.2, 0.25) is 0 Å². The third-order valence-electron chi connectivity index (χ3n) is 8.17. The van der Waals surface area contributed by atoms with E-state index in [9.17, 15) is 29.3 Å². The molecule has 0 spiro atoms. The topological polar surface area (TPSA) is 149 Å². The number of carbonyl (C=O) groups is 2. The molecule has 0 saturated heterocycles. The van der Waals surface area contributed by atoms with Crippen molar-refractivity contribution in [1.82, 2.24) is 0 Å². The van der Waals surface area contributed by atoms with E-state index >= 15 is 0 Å². The molecule has 288 valence electrons. The number of rotatable bonds is 36. The van der Waals surface area contributed by atoms with E-state index in [1.807, 2.05) is 0 Å². The van der Waals surface area contributed by atoms with Crippen LogP contribution in [0, 0.1) is 0 Å². The lowest BCUT2D eigenvalue weighted by atomic mass is 10.1. The maximum Gasteiger partial charge on any atom is 0.472 e. The van der Waals surface area contributed by atoms with Gasteiger partial charge >= 0.3 is 19.8 Å². The minimum absolute atomic E-state index is 0.178. The van der Waals surface area contributed by atoms with Gasteiger partial charge in [-0.05, 0) is 44.9 Å². The Morgan fingerprint density at radius 2 is 0.898 bits per heavy atom. The molecule has 11 heteroatoms. The van der Waals surface area contributed by atoms with E-state index in [-0.39, 0.29) is 12.8 Å². The van der Waals surface area contributed by atoms with Crippen molar-refractivity contribution in [2.24, 2.45) is 0 Å². The number of ether oxygens (including phenoxy) is 2. The summed E-state index contributed by atoms with van der Waals surface area (Å²) in [5.74, 6) is -1.03. The van der Waals surface area contributed by atoms with E-state index in [4.69, 9.17) is 18.5 Å². The molecule has 0 radical (unpaired) electrons. The van der Waals surface area contributed by atoms with Crippen LogP contribution >= 0.6 is 7.82 Å². The van der Waals surface area contributed by atoms with Crippen LogP contribution in [0.2, 0.25) is 0 Å². The third kappa shape index (κ3) is 33.4. The summed E-state index contributed by atoms with van der Waals surface area (Å²) in [6, 6.07) is 0. The van der Waals surface area contributed by atoms with Crippen LogP contribution in [0.3, 0.4) is 0 Å². The molecule has 49 heavy (non-hydrogen) atoms. The van der Waals surface area contributed by atoms with Gasteiger partial charge in [-0.25, -0.2) is 4.57 Å². The number of phosphoric ester groups is 1. The normalized spacial score (nSPS) is 14.3. The maximum atomic E-state index is 12.3. The molecule has 0 aromatic heterocycles. The summed E-state index contributed by atoms with van der Waals surface area (Å²) in [5.41, 5.74) is 0. The van der Waals surface area contributed by atoms with Crippen molar-refractivity contribution in [2.75, 3.05) is 26.4 Å². The summed E-state index contributed by atoms with van der Waals surface area (Å²) in [5, 5.41) is 19.1. The van der Waals surface area contributed by atoms with Crippen molar-refractivity contribution in [3.8, 4) is 0 Å². The Bertz CT molecular complexity index is 879. The maximum absolute atomic E-state index is 12.3. The van der Waals surface area contributed by atoms with Gasteiger partial charge in [-0.15, -0.1) is 0 Å². The van der Waals surface area contributed by atoms with Crippen LogP contribution in [0.4, 0.5) is 0 Å². The number of unbranched alkanes of at least 4 members (excludes halogenated alkanes) is 18. The third-order valence-corrected chi connectivity index (χ3v) is 9.12. The van der Waals surface area contributed by atoms with Gasteiger partial charge in [0.25, 0.3) is 0 Å². The van der Waals surface area contributed by atoms with Crippen molar-refractivity contribution >= 4 is 19.8 Å². The SMILES string of the molecule is CCCCC/C=C\C/C=C\CCCCCCCC(=O)OC(CO)COP(=O)(O)OCC(CO)OC(=O)CCCCCCCCCCCCC. The smallest absolute Gasteiger partial charge is 0.457 e. The first-order valence-corrected chi connectivity index (χ1v) is 20.8. The number of aliphatic hydroxyl groups excluding tert-OH is 2. The monoisotopic (exact) mass is 718 g/mol. The van der Waals surface area contributed by atoms with Crippen molar-refractivity contribution in [3.05, 3.63) is 24.3 Å². The summed E-state index contributed by atoms with van der Waals surface area (Å²) in [7, 11) is -4.63. The average molecular weight is 719 g/mol. The largest absolute Gasteiger partial charge is 0.472 e. The van der Waals surface area contributed by atoms with Crippen LogP contribution in [-0.2, 0) is 32.7 Å². The highest BCUT2D eigenvalue weighted by Gasteiger charge is 2.27. The second-order valence-electron chi connectivity index (χ2n) is 12.9. The molecule has 3 atom stereocenters. The van der Waals surface area contributed by atoms with Crippen LogP contribution < -0.4 is 0 Å². The van der Waals surface area contributed by atoms with Crippen LogP contribution in [0.5, 0.6) is 0 Å². The first-order chi connectivity index (χ1) is 23.8. The Kier molecular flexibility index (Phi) is 33.8. The molecule has 0 rings (SSSR count). The van der Waals surface area contributed by atoms with Gasteiger partial charge in [-0.2, -0.15) is 0 Å². The van der Waals surface area contributed by atoms with Crippen molar-refractivity contribution in [1.29, 1.82) is 0 Å². The molecule has 0 aliphatic carbocycles. The number of allylic oxidation sites excluding steroid dienone is 4. The second kappa shape index (κ2) is 34.9. The molecular formula is C38H71O10P. The zero-order valence-corrected chi connectivity index (χ0v) is 31.8. The first kappa shape index (κ1) is 47.4. The van der Waals surface area contributed by atoms with Gasteiger partial charge in [0, 0.05) is 12.8 Å². The molecule has 0 bridgehead atoms. The van der Waals surface area contributed by atoms with Crippen LogP contribution in [-0.4, -0.2) is 65.7 Å². The van der Waals surface area contributed by atoms with Gasteiger partial charge < -0.3 is 24.6 Å². The molecule has 0 aliphatic rings. The van der Waals surface area contributed by atoms with E-state index in [0.29, 0.717) is 12.8 Å². The lowest BCUT2D eigenvalue weighted by Crippen LogP contribution is -2.28. The lowest BCUT2D eigenvalue weighted by Gasteiger charge is -2.20. The molecule has 3 N–H and O–H groups in total. The predicted octanol–water partition coefficient (Wildman–Crippen LogP) is 9.44. The number of esters is 2. The highest BCUT2D eigenvalue weighted by atomic mass is 31.2. The summed E-state index contributed by atoms with van der Waals surface area (Å²) in [6.07, 6.45) is 31.5. The highest BCUT2D eigenvalue weighted by Crippen LogP contribution is 2.43. The van der Waals surface area contributed by atoms with E-state index in [1.165, 1.54) is 64.2 Å². The minimum atomic E-state index is -4.63. The fraction of sp³-hybridized carbons (Fsp3) is 0.842.